The van der Waals surface area contributed by atoms with Crippen LogP contribution in [0.5, 0.6) is 5.75 Å². The minimum Gasteiger partial charge on any atom is -0.496 e. The van der Waals surface area contributed by atoms with Crippen molar-refractivity contribution in [3.8, 4) is 23.1 Å². The average Bonchev–Trinajstić information content (AvgIpc) is 2.99. The summed E-state index contributed by atoms with van der Waals surface area (Å²) in [6.07, 6.45) is 2.91. The van der Waals surface area contributed by atoms with Gasteiger partial charge in [-0.05, 0) is 61.7 Å². The Morgan fingerprint density at radius 2 is 2.00 bits per heavy atom. The molecule has 0 saturated heterocycles. The number of hydrogen-bond donors (Lipinski definition) is 2. The highest BCUT2D eigenvalue weighted by Crippen LogP contribution is 2.36. The number of para-hydroxylation sites is 1. The molecule has 0 radical (unpaired) electrons. The maximum absolute atomic E-state index is 9.21. The fraction of sp³-hybridized carbons (Fsp3) is 0.250. The van der Waals surface area contributed by atoms with Gasteiger partial charge in [-0.3, -0.25) is 0 Å². The zero-order chi connectivity index (χ0) is 16.9. The van der Waals surface area contributed by atoms with Gasteiger partial charge >= 0.3 is 0 Å². The van der Waals surface area contributed by atoms with Gasteiger partial charge in [0.25, 0.3) is 0 Å². The number of nitrogens with zero attached hydrogens (tertiary/aromatic N) is 1. The van der Waals surface area contributed by atoms with Crippen LogP contribution in [-0.2, 0) is 6.42 Å². The number of ether oxygens (including phenoxy) is 1. The molecule has 0 fully saturated rings. The van der Waals surface area contributed by atoms with Crippen LogP contribution in [0.1, 0.15) is 24.0 Å². The van der Waals surface area contributed by atoms with Crippen LogP contribution >= 0.6 is 0 Å². The zero-order valence-electron chi connectivity index (χ0n) is 13.8. The van der Waals surface area contributed by atoms with Crippen molar-refractivity contribution in [2.45, 2.75) is 19.3 Å². The van der Waals surface area contributed by atoms with Crippen LogP contribution in [0.2, 0.25) is 0 Å². The van der Waals surface area contributed by atoms with E-state index in [2.05, 4.69) is 17.1 Å². The van der Waals surface area contributed by atoms with Crippen LogP contribution in [0.25, 0.3) is 22.2 Å². The van der Waals surface area contributed by atoms with Gasteiger partial charge in [0.05, 0.1) is 24.4 Å². The molecule has 3 rings (SSSR count). The van der Waals surface area contributed by atoms with E-state index in [0.717, 1.165) is 47.2 Å². The molecule has 1 heterocycles. The minimum atomic E-state index is 0.674. The standard InChI is InChI=1S/C20H21N3O/c1-24-19-8-3-2-7-16(19)20-15(6-4-5-11-21)17-12-14(13-22)9-10-18(17)23-20/h2-3,7-10,12,23H,4-6,11,21H2,1H3. The summed E-state index contributed by atoms with van der Waals surface area (Å²) < 4.78 is 5.53. The van der Waals surface area contributed by atoms with E-state index in [9.17, 15) is 5.26 Å². The van der Waals surface area contributed by atoms with E-state index < -0.39 is 0 Å². The van der Waals surface area contributed by atoms with E-state index in [1.54, 1.807) is 7.11 Å². The lowest BCUT2D eigenvalue weighted by Gasteiger charge is -2.09. The highest BCUT2D eigenvalue weighted by molar-refractivity contribution is 5.92. The summed E-state index contributed by atoms with van der Waals surface area (Å²) in [6, 6.07) is 16.0. The number of hydrogen-bond acceptors (Lipinski definition) is 3. The molecular weight excluding hydrogens is 298 g/mol. The molecule has 1 aromatic heterocycles. The average molecular weight is 319 g/mol. The Kier molecular flexibility index (Phi) is 4.83. The lowest BCUT2D eigenvalue weighted by atomic mass is 9.99. The first kappa shape index (κ1) is 16.1. The number of methoxy groups -OCH3 is 1. The smallest absolute Gasteiger partial charge is 0.128 e. The zero-order valence-corrected chi connectivity index (χ0v) is 13.8. The number of unbranched alkanes of at least 4 members (excludes halogenated alkanes) is 1. The number of nitrogens with one attached hydrogen (secondary N) is 1. The van der Waals surface area contributed by atoms with Crippen LogP contribution in [-0.4, -0.2) is 18.6 Å². The Bertz CT molecular complexity index is 890. The van der Waals surface area contributed by atoms with Gasteiger partial charge < -0.3 is 15.5 Å². The topological polar surface area (TPSA) is 74.8 Å². The number of fused-ring (bicyclic) bond motifs is 1. The molecule has 122 valence electrons. The maximum atomic E-state index is 9.21. The molecular formula is C20H21N3O. The highest BCUT2D eigenvalue weighted by atomic mass is 16.5. The van der Waals surface area contributed by atoms with E-state index in [1.807, 2.05) is 36.4 Å². The fourth-order valence-electron chi connectivity index (χ4n) is 3.10. The van der Waals surface area contributed by atoms with Gasteiger partial charge in [0, 0.05) is 16.5 Å². The fourth-order valence-corrected chi connectivity index (χ4v) is 3.10. The molecule has 0 aliphatic heterocycles. The van der Waals surface area contributed by atoms with E-state index >= 15 is 0 Å². The summed E-state index contributed by atoms with van der Waals surface area (Å²) in [7, 11) is 1.68. The second kappa shape index (κ2) is 7.20. The van der Waals surface area contributed by atoms with Crippen molar-refractivity contribution < 1.29 is 4.74 Å². The molecule has 0 spiro atoms. The van der Waals surface area contributed by atoms with Crippen molar-refractivity contribution in [1.29, 1.82) is 5.26 Å². The lowest BCUT2D eigenvalue weighted by molar-refractivity contribution is 0.416. The highest BCUT2D eigenvalue weighted by Gasteiger charge is 2.16. The minimum absolute atomic E-state index is 0.674. The van der Waals surface area contributed by atoms with Crippen molar-refractivity contribution in [2.75, 3.05) is 13.7 Å². The molecule has 3 aromatic rings. The Morgan fingerprint density at radius 3 is 2.75 bits per heavy atom. The number of aryl methyl sites for hydroxylation is 1. The molecule has 0 aliphatic carbocycles. The number of H-pyrrole nitrogens is 1. The van der Waals surface area contributed by atoms with E-state index in [0.29, 0.717) is 12.1 Å². The quantitative estimate of drug-likeness (QED) is 0.674. The van der Waals surface area contributed by atoms with Crippen molar-refractivity contribution in [2.24, 2.45) is 5.73 Å². The third kappa shape index (κ3) is 2.99. The summed E-state index contributed by atoms with van der Waals surface area (Å²) in [6.45, 7) is 0.690. The van der Waals surface area contributed by atoms with Gasteiger partial charge in [0.1, 0.15) is 5.75 Å². The monoisotopic (exact) mass is 319 g/mol. The van der Waals surface area contributed by atoms with Gasteiger partial charge in [-0.2, -0.15) is 5.26 Å². The van der Waals surface area contributed by atoms with Crippen LogP contribution < -0.4 is 10.5 Å². The second-order valence-corrected chi connectivity index (χ2v) is 5.80. The predicted molar refractivity (Wildman–Crippen MR) is 97.0 cm³/mol. The van der Waals surface area contributed by atoms with Gasteiger partial charge in [-0.25, -0.2) is 0 Å². The molecule has 0 bridgehead atoms. The number of aromatic nitrogens is 1. The van der Waals surface area contributed by atoms with Gasteiger partial charge in [-0.1, -0.05) is 12.1 Å². The first-order valence-corrected chi connectivity index (χ1v) is 8.16. The molecule has 0 saturated carbocycles. The molecule has 0 aliphatic rings. The van der Waals surface area contributed by atoms with Crippen molar-refractivity contribution in [3.05, 3.63) is 53.6 Å². The summed E-state index contributed by atoms with van der Waals surface area (Å²) in [5.41, 5.74) is 10.7. The number of nitrogens with two attached hydrogens (primary N) is 1. The second-order valence-electron chi connectivity index (χ2n) is 5.80. The Morgan fingerprint density at radius 1 is 1.17 bits per heavy atom. The Balaban J connectivity index is 2.18. The van der Waals surface area contributed by atoms with Crippen molar-refractivity contribution in [1.82, 2.24) is 4.98 Å². The maximum Gasteiger partial charge on any atom is 0.128 e. The molecule has 0 atom stereocenters. The molecule has 0 amide bonds. The molecule has 3 N–H and O–H groups in total. The van der Waals surface area contributed by atoms with Gasteiger partial charge in [0.15, 0.2) is 0 Å². The number of benzene rings is 2. The molecule has 0 unspecified atom stereocenters. The Labute approximate surface area is 141 Å². The van der Waals surface area contributed by atoms with Crippen LogP contribution in [0.3, 0.4) is 0 Å². The van der Waals surface area contributed by atoms with Crippen LogP contribution in [0.4, 0.5) is 0 Å². The first-order valence-electron chi connectivity index (χ1n) is 8.16. The summed E-state index contributed by atoms with van der Waals surface area (Å²) >= 11 is 0. The number of nitriles is 1. The number of aromatic amines is 1. The third-order valence-corrected chi connectivity index (χ3v) is 4.29. The molecule has 4 nitrogen and oxygen atoms in total. The van der Waals surface area contributed by atoms with Gasteiger partial charge in [0.2, 0.25) is 0 Å². The lowest BCUT2D eigenvalue weighted by Crippen LogP contribution is -1.99. The molecule has 24 heavy (non-hydrogen) atoms. The van der Waals surface area contributed by atoms with E-state index in [1.165, 1.54) is 5.56 Å². The summed E-state index contributed by atoms with van der Waals surface area (Å²) in [4.78, 5) is 3.51. The van der Waals surface area contributed by atoms with Gasteiger partial charge in [-0.15, -0.1) is 0 Å². The normalized spacial score (nSPS) is 10.7. The van der Waals surface area contributed by atoms with E-state index in [4.69, 9.17) is 10.5 Å². The summed E-state index contributed by atoms with van der Waals surface area (Å²) in [5.74, 6) is 0.838. The molecule has 4 heteroatoms. The van der Waals surface area contributed by atoms with Crippen LogP contribution in [0.15, 0.2) is 42.5 Å². The first-order chi connectivity index (χ1) is 11.8. The van der Waals surface area contributed by atoms with E-state index in [-0.39, 0.29) is 0 Å². The van der Waals surface area contributed by atoms with Crippen LogP contribution in [0, 0.1) is 11.3 Å². The molecule has 2 aromatic carbocycles. The summed E-state index contributed by atoms with van der Waals surface area (Å²) in [5, 5.41) is 10.3. The SMILES string of the molecule is COc1ccccc1-c1[nH]c2ccc(C#N)cc2c1CCCCN. The number of rotatable bonds is 6. The Hall–Kier alpha value is -2.77. The third-order valence-electron chi connectivity index (χ3n) is 4.29. The van der Waals surface area contributed by atoms with Crippen molar-refractivity contribution in [3.63, 3.8) is 0 Å². The predicted octanol–water partition coefficient (Wildman–Crippen LogP) is 4.00. The largest absolute Gasteiger partial charge is 0.496 e. The van der Waals surface area contributed by atoms with Crippen molar-refractivity contribution >= 4 is 10.9 Å².